The van der Waals surface area contributed by atoms with Crippen LogP contribution in [0.2, 0.25) is 0 Å². The van der Waals surface area contributed by atoms with Gasteiger partial charge in [-0.25, -0.2) is 0 Å². The molecule has 0 radical (unpaired) electrons. The summed E-state index contributed by atoms with van der Waals surface area (Å²) in [6.45, 7) is 0. The Bertz CT molecular complexity index is 698. The van der Waals surface area contributed by atoms with Crippen LogP contribution in [0.5, 0.6) is 0 Å². The number of hydrogen-bond acceptors (Lipinski definition) is 2. The molecule has 0 fully saturated rings. The van der Waals surface area contributed by atoms with Crippen molar-refractivity contribution in [1.82, 2.24) is 4.98 Å². The van der Waals surface area contributed by atoms with Crippen LogP contribution in [0.1, 0.15) is 5.56 Å². The third-order valence-corrected chi connectivity index (χ3v) is 6.55. The highest BCUT2D eigenvalue weighted by Gasteiger charge is 2.27. The zero-order valence-corrected chi connectivity index (χ0v) is 12.5. The minimum Gasteiger partial charge on any atom is -0.313 e. The van der Waals surface area contributed by atoms with Crippen molar-refractivity contribution in [2.75, 3.05) is 0 Å². The van der Waals surface area contributed by atoms with Gasteiger partial charge in [-0.2, -0.15) is 0 Å². The number of aromatic nitrogens is 1. The van der Waals surface area contributed by atoms with E-state index in [0.717, 1.165) is 16.2 Å². The molecule has 0 aliphatic rings. The Kier molecular flexibility index (Phi) is 3.98. The Balaban J connectivity index is 2.10. The Morgan fingerprint density at radius 3 is 1.81 bits per heavy atom. The first-order valence-corrected chi connectivity index (χ1v) is 8.77. The molecule has 0 atom stereocenters. The van der Waals surface area contributed by atoms with E-state index in [1.807, 2.05) is 72.8 Å². The summed E-state index contributed by atoms with van der Waals surface area (Å²) in [5.74, 6) is 0. The molecule has 3 aromatic rings. The van der Waals surface area contributed by atoms with Crippen molar-refractivity contribution in [1.29, 1.82) is 0 Å². The third-order valence-electron chi connectivity index (χ3n) is 3.47. The molecule has 0 saturated heterocycles. The van der Waals surface area contributed by atoms with Crippen molar-refractivity contribution in [3.8, 4) is 0 Å². The quantitative estimate of drug-likeness (QED) is 0.688. The van der Waals surface area contributed by atoms with E-state index >= 15 is 0 Å². The van der Waals surface area contributed by atoms with E-state index in [1.54, 1.807) is 12.4 Å². The number of rotatable bonds is 4. The number of hydrogen-bond donors (Lipinski definition) is 0. The smallest absolute Gasteiger partial charge is 0.147 e. The molecule has 0 aliphatic heterocycles. The summed E-state index contributed by atoms with van der Waals surface area (Å²) >= 11 is 0. The molecule has 0 aliphatic carbocycles. The maximum atomic E-state index is 13.8. The highest BCUT2D eigenvalue weighted by atomic mass is 31.2. The van der Waals surface area contributed by atoms with Gasteiger partial charge in [0.25, 0.3) is 0 Å². The zero-order chi connectivity index (χ0) is 14.5. The van der Waals surface area contributed by atoms with Gasteiger partial charge >= 0.3 is 0 Å². The van der Waals surface area contributed by atoms with Crippen molar-refractivity contribution in [2.24, 2.45) is 0 Å². The molecule has 3 rings (SSSR count). The predicted molar refractivity (Wildman–Crippen MR) is 87.7 cm³/mol. The first-order chi connectivity index (χ1) is 10.3. The molecular weight excluding hydrogens is 277 g/mol. The maximum Gasteiger partial charge on any atom is 0.147 e. The van der Waals surface area contributed by atoms with E-state index in [-0.39, 0.29) is 0 Å². The third kappa shape index (κ3) is 2.96. The lowest BCUT2D eigenvalue weighted by molar-refractivity contribution is 0.586. The molecule has 0 spiro atoms. The van der Waals surface area contributed by atoms with Crippen LogP contribution in [-0.4, -0.2) is 4.98 Å². The lowest BCUT2D eigenvalue weighted by Crippen LogP contribution is -2.17. The first-order valence-electron chi connectivity index (χ1n) is 6.88. The van der Waals surface area contributed by atoms with E-state index in [1.165, 1.54) is 0 Å². The van der Waals surface area contributed by atoms with Crippen LogP contribution in [0.25, 0.3) is 0 Å². The Labute approximate surface area is 124 Å². The van der Waals surface area contributed by atoms with Gasteiger partial charge in [0.1, 0.15) is 7.14 Å². The van der Waals surface area contributed by atoms with Crippen LogP contribution in [0.4, 0.5) is 0 Å². The Hall–Kier alpha value is -2.18. The standard InChI is InChI=1S/C18H16NOP/c20-21(17-9-3-1-4-10-17,18-11-5-2-6-12-18)15-16-8-7-13-19-14-16/h1-14H,15H2. The van der Waals surface area contributed by atoms with Crippen molar-refractivity contribution >= 4 is 17.8 Å². The second-order valence-corrected chi connectivity index (χ2v) is 7.76. The number of pyridine rings is 1. The van der Waals surface area contributed by atoms with E-state index in [4.69, 9.17) is 0 Å². The predicted octanol–water partition coefficient (Wildman–Crippen LogP) is 3.60. The fourth-order valence-corrected chi connectivity index (χ4v) is 5.09. The van der Waals surface area contributed by atoms with Crippen LogP contribution in [0.15, 0.2) is 85.2 Å². The lowest BCUT2D eigenvalue weighted by Gasteiger charge is -2.19. The zero-order valence-electron chi connectivity index (χ0n) is 11.6. The molecule has 2 aromatic carbocycles. The molecule has 21 heavy (non-hydrogen) atoms. The van der Waals surface area contributed by atoms with Gasteiger partial charge < -0.3 is 4.57 Å². The van der Waals surface area contributed by atoms with Gasteiger partial charge in [-0.3, -0.25) is 4.98 Å². The van der Waals surface area contributed by atoms with Crippen molar-refractivity contribution < 1.29 is 4.57 Å². The average molecular weight is 293 g/mol. The fraction of sp³-hybridized carbons (Fsp3) is 0.0556. The van der Waals surface area contributed by atoms with Crippen LogP contribution in [0.3, 0.4) is 0 Å². The van der Waals surface area contributed by atoms with Gasteiger partial charge in [-0.1, -0.05) is 66.7 Å². The van der Waals surface area contributed by atoms with Gasteiger partial charge in [-0.05, 0) is 11.6 Å². The minimum atomic E-state index is -2.69. The lowest BCUT2D eigenvalue weighted by atomic mass is 10.3. The summed E-state index contributed by atoms with van der Waals surface area (Å²) in [4.78, 5) is 4.14. The molecule has 0 N–H and O–H groups in total. The fourth-order valence-electron chi connectivity index (χ4n) is 2.42. The van der Waals surface area contributed by atoms with E-state index in [2.05, 4.69) is 4.98 Å². The van der Waals surface area contributed by atoms with Gasteiger partial charge in [0.15, 0.2) is 0 Å². The molecule has 0 bridgehead atoms. The van der Waals surface area contributed by atoms with Crippen molar-refractivity contribution in [2.45, 2.75) is 6.16 Å². The highest BCUT2D eigenvalue weighted by molar-refractivity contribution is 7.78. The van der Waals surface area contributed by atoms with Crippen LogP contribution >= 0.6 is 7.14 Å². The van der Waals surface area contributed by atoms with Crippen molar-refractivity contribution in [3.05, 3.63) is 90.8 Å². The minimum absolute atomic E-state index is 0.495. The Morgan fingerprint density at radius 1 is 0.762 bits per heavy atom. The van der Waals surface area contributed by atoms with E-state index in [0.29, 0.717) is 6.16 Å². The average Bonchev–Trinajstić information content (AvgIpc) is 2.57. The molecule has 0 unspecified atom stereocenters. The first kappa shape index (κ1) is 13.8. The summed E-state index contributed by atoms with van der Waals surface area (Å²) in [5.41, 5.74) is 0.994. The molecular formula is C18H16NOP. The molecule has 1 aromatic heterocycles. The normalized spacial score (nSPS) is 11.2. The summed E-state index contributed by atoms with van der Waals surface area (Å²) in [5, 5.41) is 1.78. The van der Waals surface area contributed by atoms with Crippen molar-refractivity contribution in [3.63, 3.8) is 0 Å². The van der Waals surface area contributed by atoms with E-state index in [9.17, 15) is 4.57 Å². The second kappa shape index (κ2) is 6.07. The topological polar surface area (TPSA) is 30.0 Å². The maximum absolute atomic E-state index is 13.8. The molecule has 2 nitrogen and oxygen atoms in total. The highest BCUT2D eigenvalue weighted by Crippen LogP contribution is 2.46. The summed E-state index contributed by atoms with van der Waals surface area (Å²) in [7, 11) is -2.69. The second-order valence-electron chi connectivity index (χ2n) is 4.93. The molecule has 104 valence electrons. The van der Waals surface area contributed by atoms with Gasteiger partial charge in [-0.15, -0.1) is 0 Å². The largest absolute Gasteiger partial charge is 0.313 e. The summed E-state index contributed by atoms with van der Waals surface area (Å²) in [6, 6.07) is 23.3. The van der Waals surface area contributed by atoms with Crippen LogP contribution in [-0.2, 0) is 10.7 Å². The Morgan fingerprint density at radius 2 is 1.33 bits per heavy atom. The van der Waals surface area contributed by atoms with Gasteiger partial charge in [0.2, 0.25) is 0 Å². The summed E-state index contributed by atoms with van der Waals surface area (Å²) < 4.78 is 13.8. The molecule has 1 heterocycles. The molecule has 3 heteroatoms. The van der Waals surface area contributed by atoms with Gasteiger partial charge in [0.05, 0.1) is 0 Å². The van der Waals surface area contributed by atoms with E-state index < -0.39 is 7.14 Å². The molecule has 0 amide bonds. The molecule has 0 saturated carbocycles. The van der Waals surface area contributed by atoms with Crippen LogP contribution < -0.4 is 10.6 Å². The summed E-state index contributed by atoms with van der Waals surface area (Å²) in [6.07, 6.45) is 4.02. The SMILES string of the molecule is O=P(Cc1cccnc1)(c1ccccc1)c1ccccc1. The van der Waals surface area contributed by atoms with Gasteiger partial charge in [0, 0.05) is 29.2 Å². The van der Waals surface area contributed by atoms with Crippen LogP contribution in [0, 0.1) is 0 Å². The number of benzene rings is 2. The number of nitrogens with zero attached hydrogens (tertiary/aromatic N) is 1. The monoisotopic (exact) mass is 293 g/mol.